The lowest BCUT2D eigenvalue weighted by molar-refractivity contribution is -0.272. The molecular weight excluding hydrogens is 308 g/mol. The van der Waals surface area contributed by atoms with Crippen LogP contribution < -0.4 is 0 Å². The molecule has 0 amide bonds. The van der Waals surface area contributed by atoms with Gasteiger partial charge in [-0.1, -0.05) is 0 Å². The quantitative estimate of drug-likeness (QED) is 0.771. The van der Waals surface area contributed by atoms with Crippen molar-refractivity contribution in [1.82, 2.24) is 30.4 Å². The molecule has 0 bridgehead atoms. The second-order valence-corrected chi connectivity index (χ2v) is 6.00. The summed E-state index contributed by atoms with van der Waals surface area (Å²) >= 11 is 0. The van der Waals surface area contributed by atoms with Gasteiger partial charge in [0, 0.05) is 41.0 Å². The first kappa shape index (κ1) is 20.6. The number of allylic oxidation sites excluding steroid dienone is 4. The largest absolute Gasteiger partial charge is 0.360 e. The van der Waals surface area contributed by atoms with E-state index in [9.17, 15) is 0 Å². The predicted octanol–water partition coefficient (Wildman–Crippen LogP) is 2.05. The van der Waals surface area contributed by atoms with Gasteiger partial charge in [-0.15, -0.1) is 10.2 Å². The van der Waals surface area contributed by atoms with Crippen LogP contribution >= 0.6 is 0 Å². The van der Waals surface area contributed by atoms with Crippen molar-refractivity contribution in [2.24, 2.45) is 0 Å². The van der Waals surface area contributed by atoms with Crippen molar-refractivity contribution >= 4 is 0 Å². The van der Waals surface area contributed by atoms with Crippen LogP contribution in [-0.4, -0.2) is 79.1 Å². The normalized spacial score (nSPS) is 21.1. The maximum Gasteiger partial charge on any atom is 0.142 e. The standard InChI is InChI=1S/C9H19N3O.C7H15N3O/c1-7-8(2)12(9(3)13-6)11(5)10(7)4;1-6-7(2)10(11-5)9(4)8(6)3/h9H,1-6H3;1-5H3. The Hall–Kier alpha value is -1.48. The van der Waals surface area contributed by atoms with E-state index in [0.29, 0.717) is 0 Å². The molecule has 0 spiro atoms. The zero-order valence-corrected chi connectivity index (χ0v) is 17.1. The molecule has 2 aliphatic heterocycles. The van der Waals surface area contributed by atoms with Crippen LogP contribution in [0.2, 0.25) is 0 Å². The SMILES string of the molecule is COC(C)N1C(C)=C(C)N(C)N1C.CON1C(C)=C(C)N(C)N1C. The average Bonchev–Trinajstić information content (AvgIpc) is 2.87. The van der Waals surface area contributed by atoms with Crippen LogP contribution in [0.25, 0.3) is 0 Å². The van der Waals surface area contributed by atoms with Crippen molar-refractivity contribution in [3.63, 3.8) is 0 Å². The third kappa shape index (κ3) is 3.61. The maximum atomic E-state index is 5.30. The molecule has 0 radical (unpaired) electrons. The molecule has 24 heavy (non-hydrogen) atoms. The summed E-state index contributed by atoms with van der Waals surface area (Å²) in [6.07, 6.45) is 0.0740. The molecule has 0 aliphatic carbocycles. The molecule has 8 nitrogen and oxygen atoms in total. The van der Waals surface area contributed by atoms with E-state index in [1.807, 2.05) is 52.2 Å². The number of hydroxylamine groups is 1. The van der Waals surface area contributed by atoms with Gasteiger partial charge in [-0.2, -0.15) is 5.17 Å². The number of ether oxygens (including phenoxy) is 1. The second-order valence-electron chi connectivity index (χ2n) is 6.00. The highest BCUT2D eigenvalue weighted by Gasteiger charge is 2.30. The summed E-state index contributed by atoms with van der Waals surface area (Å²) in [5.41, 5.74) is 4.82. The minimum atomic E-state index is 0.0740. The Morgan fingerprint density at radius 2 is 1.17 bits per heavy atom. The maximum absolute atomic E-state index is 5.30. The minimum absolute atomic E-state index is 0.0740. The van der Waals surface area contributed by atoms with Gasteiger partial charge >= 0.3 is 0 Å². The van der Waals surface area contributed by atoms with Gasteiger partial charge < -0.3 is 4.74 Å². The highest BCUT2D eigenvalue weighted by Crippen LogP contribution is 2.26. The third-order valence-corrected chi connectivity index (χ3v) is 4.95. The molecule has 2 rings (SSSR count). The summed E-state index contributed by atoms with van der Waals surface area (Å²) in [6.45, 7) is 10.3. The molecular formula is C16H34N6O2. The van der Waals surface area contributed by atoms with E-state index in [4.69, 9.17) is 9.57 Å². The molecule has 2 heterocycles. The van der Waals surface area contributed by atoms with Crippen molar-refractivity contribution in [2.75, 3.05) is 42.4 Å². The van der Waals surface area contributed by atoms with Crippen LogP contribution in [0.4, 0.5) is 0 Å². The first-order valence-corrected chi connectivity index (χ1v) is 8.05. The van der Waals surface area contributed by atoms with Crippen LogP contribution in [-0.2, 0) is 9.57 Å². The van der Waals surface area contributed by atoms with E-state index in [-0.39, 0.29) is 6.23 Å². The fourth-order valence-electron chi connectivity index (χ4n) is 2.77. The predicted molar refractivity (Wildman–Crippen MR) is 95.0 cm³/mol. The van der Waals surface area contributed by atoms with Crippen LogP contribution in [0.5, 0.6) is 0 Å². The van der Waals surface area contributed by atoms with Gasteiger partial charge in [0.15, 0.2) is 0 Å². The van der Waals surface area contributed by atoms with Crippen LogP contribution in [0.1, 0.15) is 34.6 Å². The third-order valence-electron chi connectivity index (χ3n) is 4.95. The van der Waals surface area contributed by atoms with Gasteiger partial charge in [0.25, 0.3) is 0 Å². The fraction of sp³-hybridized carbons (Fsp3) is 0.750. The smallest absolute Gasteiger partial charge is 0.142 e. The molecule has 0 aromatic heterocycles. The first-order valence-electron chi connectivity index (χ1n) is 8.05. The molecule has 1 atom stereocenters. The number of rotatable bonds is 3. The van der Waals surface area contributed by atoms with Gasteiger partial charge in [0.05, 0.1) is 24.2 Å². The minimum Gasteiger partial charge on any atom is -0.360 e. The Bertz CT molecular complexity index is 507. The monoisotopic (exact) mass is 342 g/mol. The molecule has 0 N–H and O–H groups in total. The Balaban J connectivity index is 0.000000243. The van der Waals surface area contributed by atoms with Crippen molar-refractivity contribution in [2.45, 2.75) is 40.8 Å². The molecule has 0 fully saturated rings. The van der Waals surface area contributed by atoms with Crippen molar-refractivity contribution in [3.8, 4) is 0 Å². The van der Waals surface area contributed by atoms with Crippen molar-refractivity contribution in [3.05, 3.63) is 22.8 Å². The van der Waals surface area contributed by atoms with Gasteiger partial charge in [-0.05, 0) is 34.6 Å². The summed E-state index contributed by atoms with van der Waals surface area (Å²) in [6, 6.07) is 0. The molecule has 0 saturated carbocycles. The lowest BCUT2D eigenvalue weighted by Gasteiger charge is -2.35. The Labute approximate surface area is 146 Å². The molecule has 0 saturated heterocycles. The zero-order valence-electron chi connectivity index (χ0n) is 17.1. The summed E-state index contributed by atoms with van der Waals surface area (Å²) in [5, 5.41) is 12.0. The van der Waals surface area contributed by atoms with Crippen molar-refractivity contribution < 1.29 is 9.57 Å². The fourth-order valence-corrected chi connectivity index (χ4v) is 2.77. The lowest BCUT2D eigenvalue weighted by Crippen LogP contribution is -2.46. The van der Waals surface area contributed by atoms with E-state index in [0.717, 1.165) is 5.70 Å². The average molecular weight is 342 g/mol. The number of hydrazine groups is 4. The number of nitrogens with zero attached hydrogens (tertiary/aromatic N) is 6. The Morgan fingerprint density at radius 3 is 1.42 bits per heavy atom. The number of hydrogen-bond donors (Lipinski definition) is 0. The van der Waals surface area contributed by atoms with Gasteiger partial charge in [0.1, 0.15) is 6.23 Å². The number of hydrogen-bond acceptors (Lipinski definition) is 8. The molecule has 0 aromatic rings. The molecule has 0 aromatic carbocycles. The second kappa shape index (κ2) is 8.06. The highest BCUT2D eigenvalue weighted by molar-refractivity contribution is 5.10. The first-order chi connectivity index (χ1) is 11.1. The van der Waals surface area contributed by atoms with Crippen LogP contribution in [0.15, 0.2) is 22.8 Å². The molecule has 140 valence electrons. The Kier molecular flexibility index (Phi) is 6.91. The van der Waals surface area contributed by atoms with E-state index in [1.54, 1.807) is 19.4 Å². The molecule has 1 unspecified atom stereocenters. The molecule has 8 heteroatoms. The van der Waals surface area contributed by atoms with Gasteiger partial charge in [-0.25, -0.2) is 0 Å². The summed E-state index contributed by atoms with van der Waals surface area (Å²) in [7, 11) is 11.4. The van der Waals surface area contributed by atoms with E-state index in [2.05, 4.69) is 35.9 Å². The van der Waals surface area contributed by atoms with E-state index < -0.39 is 0 Å². The van der Waals surface area contributed by atoms with Crippen LogP contribution in [0.3, 0.4) is 0 Å². The van der Waals surface area contributed by atoms with E-state index >= 15 is 0 Å². The summed E-state index contributed by atoms with van der Waals surface area (Å²) in [4.78, 5) is 5.14. The van der Waals surface area contributed by atoms with Gasteiger partial charge in [0.2, 0.25) is 0 Å². The molecule has 2 aliphatic rings. The summed E-state index contributed by atoms with van der Waals surface area (Å²) in [5.74, 6) is 0. The van der Waals surface area contributed by atoms with Gasteiger partial charge in [-0.3, -0.25) is 19.9 Å². The Morgan fingerprint density at radius 1 is 0.708 bits per heavy atom. The zero-order chi connectivity index (χ0) is 18.8. The number of methoxy groups -OCH3 is 1. The summed E-state index contributed by atoms with van der Waals surface area (Å²) < 4.78 is 5.30. The van der Waals surface area contributed by atoms with E-state index in [1.165, 1.54) is 17.1 Å². The van der Waals surface area contributed by atoms with Crippen molar-refractivity contribution in [1.29, 1.82) is 0 Å². The van der Waals surface area contributed by atoms with Crippen LogP contribution in [0, 0.1) is 0 Å². The topological polar surface area (TPSA) is 37.9 Å². The highest BCUT2D eigenvalue weighted by atomic mass is 16.7. The lowest BCUT2D eigenvalue weighted by atomic mass is 10.3.